The fourth-order valence-electron chi connectivity index (χ4n) is 2.84. The first-order valence-corrected chi connectivity index (χ1v) is 7.79. The lowest BCUT2D eigenvalue weighted by Gasteiger charge is -2.12. The van der Waals surface area contributed by atoms with E-state index in [4.69, 9.17) is 11.6 Å². The standard InChI is InChI=1S/C19H20ClN/c1-13(2)10-15-4-6-18(11-14(15)3)21-9-8-16-12-17(20)5-7-19(16)21/h4-9,11-13H,10H2,1-3H3. The Morgan fingerprint density at radius 1 is 1.05 bits per heavy atom. The molecule has 0 spiro atoms. The van der Waals surface area contributed by atoms with Crippen molar-refractivity contribution in [3.05, 3.63) is 64.8 Å². The number of fused-ring (bicyclic) bond motifs is 1. The van der Waals surface area contributed by atoms with Crippen LogP contribution < -0.4 is 0 Å². The maximum atomic E-state index is 6.06. The van der Waals surface area contributed by atoms with Crippen molar-refractivity contribution in [3.63, 3.8) is 0 Å². The lowest BCUT2D eigenvalue weighted by molar-refractivity contribution is 0.645. The predicted molar refractivity (Wildman–Crippen MR) is 91.6 cm³/mol. The molecule has 21 heavy (non-hydrogen) atoms. The molecule has 0 unspecified atom stereocenters. The van der Waals surface area contributed by atoms with Gasteiger partial charge in [-0.25, -0.2) is 0 Å². The van der Waals surface area contributed by atoms with Gasteiger partial charge < -0.3 is 4.57 Å². The molecule has 108 valence electrons. The quantitative estimate of drug-likeness (QED) is 0.576. The molecule has 3 aromatic rings. The highest BCUT2D eigenvalue weighted by molar-refractivity contribution is 6.31. The molecule has 0 fully saturated rings. The molecule has 0 aliphatic rings. The number of aryl methyl sites for hydroxylation is 1. The van der Waals surface area contributed by atoms with E-state index in [0.29, 0.717) is 5.92 Å². The minimum absolute atomic E-state index is 0.684. The molecule has 0 N–H and O–H groups in total. The van der Waals surface area contributed by atoms with E-state index >= 15 is 0 Å². The Labute approximate surface area is 131 Å². The predicted octanol–water partition coefficient (Wildman–Crippen LogP) is 5.79. The van der Waals surface area contributed by atoms with E-state index in [0.717, 1.165) is 11.4 Å². The van der Waals surface area contributed by atoms with Gasteiger partial charge in [0.2, 0.25) is 0 Å². The van der Waals surface area contributed by atoms with Crippen LogP contribution in [0.1, 0.15) is 25.0 Å². The van der Waals surface area contributed by atoms with Crippen molar-refractivity contribution in [2.45, 2.75) is 27.2 Å². The van der Waals surface area contributed by atoms with Crippen molar-refractivity contribution in [1.82, 2.24) is 4.57 Å². The van der Waals surface area contributed by atoms with Gasteiger partial charge in [-0.05, 0) is 66.8 Å². The van der Waals surface area contributed by atoms with E-state index in [1.165, 1.54) is 27.7 Å². The summed E-state index contributed by atoms with van der Waals surface area (Å²) in [6, 6.07) is 14.9. The second-order valence-corrected chi connectivity index (χ2v) is 6.53. The van der Waals surface area contributed by atoms with Crippen molar-refractivity contribution in [2.75, 3.05) is 0 Å². The summed E-state index contributed by atoms with van der Waals surface area (Å²) < 4.78 is 2.22. The van der Waals surface area contributed by atoms with Gasteiger partial charge in [-0.3, -0.25) is 0 Å². The lowest BCUT2D eigenvalue weighted by Crippen LogP contribution is -1.99. The molecule has 0 saturated heterocycles. The van der Waals surface area contributed by atoms with Gasteiger partial charge >= 0.3 is 0 Å². The summed E-state index contributed by atoms with van der Waals surface area (Å²) in [6.07, 6.45) is 3.24. The monoisotopic (exact) mass is 297 g/mol. The van der Waals surface area contributed by atoms with Crippen LogP contribution in [0.4, 0.5) is 0 Å². The second kappa shape index (κ2) is 5.57. The van der Waals surface area contributed by atoms with E-state index in [1.54, 1.807) is 0 Å². The number of hydrogen-bond acceptors (Lipinski definition) is 0. The first-order valence-electron chi connectivity index (χ1n) is 7.41. The number of aromatic nitrogens is 1. The Hall–Kier alpha value is -1.73. The molecule has 0 amide bonds. The zero-order valence-electron chi connectivity index (χ0n) is 12.7. The zero-order valence-corrected chi connectivity index (χ0v) is 13.5. The van der Waals surface area contributed by atoms with Crippen LogP contribution in [0.25, 0.3) is 16.6 Å². The van der Waals surface area contributed by atoms with Crippen LogP contribution in [-0.4, -0.2) is 4.57 Å². The third kappa shape index (κ3) is 2.84. The summed E-state index contributed by atoms with van der Waals surface area (Å²) >= 11 is 6.06. The molecule has 2 heteroatoms. The van der Waals surface area contributed by atoms with Crippen molar-refractivity contribution >= 4 is 22.5 Å². The topological polar surface area (TPSA) is 4.93 Å². The molecule has 1 heterocycles. The van der Waals surface area contributed by atoms with Gasteiger partial charge in [0.1, 0.15) is 0 Å². The Morgan fingerprint density at radius 3 is 2.57 bits per heavy atom. The van der Waals surface area contributed by atoms with Crippen LogP contribution in [0.3, 0.4) is 0 Å². The van der Waals surface area contributed by atoms with Crippen LogP contribution in [0, 0.1) is 12.8 Å². The summed E-state index contributed by atoms with van der Waals surface area (Å²) in [4.78, 5) is 0. The molecule has 1 nitrogen and oxygen atoms in total. The summed E-state index contributed by atoms with van der Waals surface area (Å²) in [6.45, 7) is 6.72. The second-order valence-electron chi connectivity index (χ2n) is 6.10. The largest absolute Gasteiger partial charge is 0.317 e. The Balaban J connectivity index is 2.05. The summed E-state index contributed by atoms with van der Waals surface area (Å²) in [5, 5.41) is 1.95. The maximum Gasteiger partial charge on any atom is 0.0529 e. The first kappa shape index (κ1) is 14.2. The van der Waals surface area contributed by atoms with Crippen molar-refractivity contribution in [2.24, 2.45) is 5.92 Å². The lowest BCUT2D eigenvalue weighted by atomic mass is 9.98. The van der Waals surface area contributed by atoms with Gasteiger partial charge in [-0.1, -0.05) is 31.5 Å². The molecule has 0 bridgehead atoms. The van der Waals surface area contributed by atoms with E-state index in [1.807, 2.05) is 12.1 Å². The van der Waals surface area contributed by atoms with E-state index in [2.05, 4.69) is 61.9 Å². The number of hydrogen-bond donors (Lipinski definition) is 0. The minimum Gasteiger partial charge on any atom is -0.317 e. The molecule has 0 radical (unpaired) electrons. The Morgan fingerprint density at radius 2 is 1.86 bits per heavy atom. The highest BCUT2D eigenvalue weighted by atomic mass is 35.5. The molecule has 1 aromatic heterocycles. The third-order valence-electron chi connectivity index (χ3n) is 3.88. The average molecular weight is 298 g/mol. The molecule has 0 aliphatic carbocycles. The SMILES string of the molecule is Cc1cc(-n2ccc3cc(Cl)ccc32)ccc1CC(C)C. The molecular formula is C19H20ClN. The first-order chi connectivity index (χ1) is 10.0. The fraction of sp³-hybridized carbons (Fsp3) is 0.263. The van der Waals surface area contributed by atoms with E-state index in [-0.39, 0.29) is 0 Å². The number of rotatable bonds is 3. The van der Waals surface area contributed by atoms with Crippen molar-refractivity contribution < 1.29 is 0 Å². The van der Waals surface area contributed by atoms with Gasteiger partial charge in [0.25, 0.3) is 0 Å². The summed E-state index contributed by atoms with van der Waals surface area (Å²) in [5.74, 6) is 0.684. The smallest absolute Gasteiger partial charge is 0.0529 e. The van der Waals surface area contributed by atoms with E-state index in [9.17, 15) is 0 Å². The van der Waals surface area contributed by atoms with Crippen molar-refractivity contribution in [1.29, 1.82) is 0 Å². The van der Waals surface area contributed by atoms with Crippen LogP contribution >= 0.6 is 11.6 Å². The number of halogens is 1. The van der Waals surface area contributed by atoms with E-state index < -0.39 is 0 Å². The summed E-state index contributed by atoms with van der Waals surface area (Å²) in [5.41, 5.74) is 5.19. The van der Waals surface area contributed by atoms with Gasteiger partial charge in [0.15, 0.2) is 0 Å². The van der Waals surface area contributed by atoms with Gasteiger partial charge in [-0.15, -0.1) is 0 Å². The van der Waals surface area contributed by atoms with Crippen LogP contribution in [0.2, 0.25) is 5.02 Å². The maximum absolute atomic E-state index is 6.06. The Bertz CT molecular complexity index is 783. The zero-order chi connectivity index (χ0) is 15.0. The minimum atomic E-state index is 0.684. The molecule has 0 atom stereocenters. The number of nitrogens with zero attached hydrogens (tertiary/aromatic N) is 1. The van der Waals surface area contributed by atoms with Gasteiger partial charge in [0.05, 0.1) is 5.52 Å². The molecular weight excluding hydrogens is 278 g/mol. The fourth-order valence-corrected chi connectivity index (χ4v) is 3.02. The Kier molecular flexibility index (Phi) is 3.77. The number of benzene rings is 2. The van der Waals surface area contributed by atoms with Crippen LogP contribution in [0.15, 0.2) is 48.7 Å². The average Bonchev–Trinajstić information content (AvgIpc) is 2.83. The van der Waals surface area contributed by atoms with Gasteiger partial charge in [-0.2, -0.15) is 0 Å². The molecule has 0 aliphatic heterocycles. The normalized spacial score (nSPS) is 11.5. The summed E-state index contributed by atoms with van der Waals surface area (Å²) in [7, 11) is 0. The molecule has 2 aromatic carbocycles. The van der Waals surface area contributed by atoms with Crippen molar-refractivity contribution in [3.8, 4) is 5.69 Å². The van der Waals surface area contributed by atoms with Crippen LogP contribution in [-0.2, 0) is 6.42 Å². The van der Waals surface area contributed by atoms with Crippen LogP contribution in [0.5, 0.6) is 0 Å². The third-order valence-corrected chi connectivity index (χ3v) is 4.12. The molecule has 0 saturated carbocycles. The molecule has 3 rings (SSSR count). The highest BCUT2D eigenvalue weighted by Crippen LogP contribution is 2.25. The van der Waals surface area contributed by atoms with Gasteiger partial charge in [0, 0.05) is 22.3 Å². The highest BCUT2D eigenvalue weighted by Gasteiger charge is 2.07.